The van der Waals surface area contributed by atoms with Crippen LogP contribution in [0.1, 0.15) is 81.4 Å². The summed E-state index contributed by atoms with van der Waals surface area (Å²) in [6.07, 6.45) is 9.82. The van der Waals surface area contributed by atoms with Gasteiger partial charge in [-0.3, -0.25) is 4.79 Å². The number of hydrogen-bond donors (Lipinski definition) is 1. The van der Waals surface area contributed by atoms with Crippen LogP contribution in [0.4, 0.5) is 4.79 Å². The summed E-state index contributed by atoms with van der Waals surface area (Å²) >= 11 is 1.06. The Labute approximate surface area is 275 Å². The number of thioether (sulfide) groups is 1. The van der Waals surface area contributed by atoms with Crippen molar-refractivity contribution >= 4 is 38.9 Å². The molecule has 0 radical (unpaired) electrons. The van der Waals surface area contributed by atoms with E-state index >= 15 is 0 Å². The number of carbonyl (C=O) groups is 2. The van der Waals surface area contributed by atoms with Crippen LogP contribution in [0.25, 0.3) is 0 Å². The third-order valence-electron chi connectivity index (χ3n) is 10.5. The van der Waals surface area contributed by atoms with Crippen molar-refractivity contribution in [1.82, 2.24) is 0 Å². The molecule has 4 aliphatic rings. The molecule has 0 aromatic heterocycles. The number of aliphatic hydroxyl groups is 1. The number of allylic oxidation sites excluding steroid dienone is 4. The van der Waals surface area contributed by atoms with Gasteiger partial charge in [0.2, 0.25) is 0 Å². The van der Waals surface area contributed by atoms with E-state index in [1.807, 2.05) is 25.1 Å². The highest BCUT2D eigenvalue weighted by Crippen LogP contribution is 2.66. The molecular weight excluding hydrogens is 619 g/mol. The van der Waals surface area contributed by atoms with Gasteiger partial charge in [-0.1, -0.05) is 60.7 Å². The Morgan fingerprint density at radius 1 is 1.11 bits per heavy atom. The Balaban J connectivity index is 1.36. The minimum absolute atomic E-state index is 0.0448. The highest BCUT2D eigenvalue weighted by atomic mass is 32.2. The quantitative estimate of drug-likeness (QED) is 0.160. The molecule has 0 saturated heterocycles. The molecule has 4 aliphatic carbocycles. The van der Waals surface area contributed by atoms with Gasteiger partial charge >= 0.3 is 5.30 Å². The number of carbonyl (C=O) groups excluding carboxylic acids is 2. The predicted octanol–water partition coefficient (Wildman–Crippen LogP) is 7.00. The molecule has 0 spiro atoms. The smallest absolute Gasteiger partial charge is 0.377 e. The van der Waals surface area contributed by atoms with Crippen LogP contribution >= 0.6 is 11.8 Å². The van der Waals surface area contributed by atoms with Crippen LogP contribution in [-0.2, 0) is 19.5 Å². The van der Waals surface area contributed by atoms with E-state index in [9.17, 15) is 23.1 Å². The Kier molecular flexibility index (Phi) is 8.92. The second-order valence-electron chi connectivity index (χ2n) is 13.1. The Hall–Kier alpha value is -3.45. The van der Waals surface area contributed by atoms with E-state index in [4.69, 9.17) is 4.84 Å². The molecule has 2 saturated carbocycles. The molecule has 46 heavy (non-hydrogen) atoms. The molecule has 2 aromatic carbocycles. The van der Waals surface area contributed by atoms with E-state index < -0.39 is 26.2 Å². The van der Waals surface area contributed by atoms with Crippen LogP contribution in [0.15, 0.2) is 81.4 Å². The van der Waals surface area contributed by atoms with Gasteiger partial charge in [-0.2, -0.15) is 0 Å². The summed E-state index contributed by atoms with van der Waals surface area (Å²) in [5.74, 6) is 7.85. The molecule has 0 bridgehead atoms. The van der Waals surface area contributed by atoms with Crippen LogP contribution < -0.4 is 0 Å². The second kappa shape index (κ2) is 12.6. The summed E-state index contributed by atoms with van der Waals surface area (Å²) in [6.45, 7) is 4.07. The molecule has 5 atom stereocenters. The summed E-state index contributed by atoms with van der Waals surface area (Å²) < 4.78 is 23.8. The van der Waals surface area contributed by atoms with Crippen molar-refractivity contribution in [3.8, 4) is 11.8 Å². The Morgan fingerprint density at radius 2 is 1.85 bits per heavy atom. The normalized spacial score (nSPS) is 28.9. The van der Waals surface area contributed by atoms with Crippen LogP contribution in [0, 0.1) is 29.1 Å². The van der Waals surface area contributed by atoms with Crippen molar-refractivity contribution in [3.63, 3.8) is 0 Å². The molecule has 240 valence electrons. The van der Waals surface area contributed by atoms with Crippen molar-refractivity contribution in [2.45, 2.75) is 75.2 Å². The number of oxime groups is 1. The van der Waals surface area contributed by atoms with Crippen LogP contribution in [-0.4, -0.2) is 48.4 Å². The van der Waals surface area contributed by atoms with Gasteiger partial charge in [0.15, 0.2) is 15.6 Å². The van der Waals surface area contributed by atoms with E-state index in [1.54, 1.807) is 24.3 Å². The Bertz CT molecular complexity index is 1810. The van der Waals surface area contributed by atoms with E-state index in [-0.39, 0.29) is 28.4 Å². The van der Waals surface area contributed by atoms with Gasteiger partial charge in [0.05, 0.1) is 11.1 Å². The van der Waals surface area contributed by atoms with Gasteiger partial charge in [-0.25, -0.2) is 13.2 Å². The lowest BCUT2D eigenvalue weighted by molar-refractivity contribution is -0.114. The molecule has 2 fully saturated rings. The summed E-state index contributed by atoms with van der Waals surface area (Å²) in [7, 11) is -3.31. The van der Waals surface area contributed by atoms with Gasteiger partial charge in [-0.05, 0) is 115 Å². The fourth-order valence-corrected chi connectivity index (χ4v) is 9.18. The van der Waals surface area contributed by atoms with Crippen LogP contribution in [0.2, 0.25) is 0 Å². The monoisotopic (exact) mass is 657 g/mol. The first-order valence-corrected chi connectivity index (χ1v) is 18.8. The van der Waals surface area contributed by atoms with Crippen molar-refractivity contribution in [2.75, 3.05) is 12.0 Å². The minimum atomic E-state index is -3.31. The fraction of sp³-hybridized carbons (Fsp3) is 0.432. The molecule has 0 aliphatic heterocycles. The third kappa shape index (κ3) is 6.15. The van der Waals surface area contributed by atoms with Crippen molar-refractivity contribution < 1.29 is 28.0 Å². The first-order valence-electron chi connectivity index (χ1n) is 15.9. The van der Waals surface area contributed by atoms with E-state index in [0.29, 0.717) is 30.6 Å². The maximum Gasteiger partial charge on any atom is 0.393 e. The molecule has 3 unspecified atom stereocenters. The van der Waals surface area contributed by atoms with Crippen molar-refractivity contribution in [3.05, 3.63) is 88.0 Å². The molecule has 9 heteroatoms. The van der Waals surface area contributed by atoms with Gasteiger partial charge in [0, 0.05) is 35.3 Å². The van der Waals surface area contributed by atoms with Crippen molar-refractivity contribution in [1.29, 1.82) is 0 Å². The molecular formula is C37H39NO6S2. The highest BCUT2D eigenvalue weighted by Gasteiger charge is 2.62. The average molecular weight is 658 g/mol. The number of fused-ring (bicyclic) bond motifs is 4. The first kappa shape index (κ1) is 32.5. The minimum Gasteiger partial charge on any atom is -0.377 e. The van der Waals surface area contributed by atoms with E-state index in [2.05, 4.69) is 36.1 Å². The number of nitrogens with zero attached hydrogens (tertiary/aromatic N) is 1. The summed E-state index contributed by atoms with van der Waals surface area (Å²) in [5.41, 5.74) is 4.85. The average Bonchev–Trinajstić information content (AvgIpc) is 3.29. The molecule has 0 heterocycles. The molecule has 7 nitrogen and oxygen atoms in total. The zero-order chi connectivity index (χ0) is 32.7. The van der Waals surface area contributed by atoms with Crippen LogP contribution in [0.5, 0.6) is 0 Å². The lowest BCUT2D eigenvalue weighted by Crippen LogP contribution is -2.51. The zero-order valence-corrected chi connectivity index (χ0v) is 28.0. The van der Waals surface area contributed by atoms with Gasteiger partial charge in [0.25, 0.3) is 0 Å². The van der Waals surface area contributed by atoms with E-state index in [0.717, 1.165) is 48.6 Å². The fourth-order valence-electron chi connectivity index (χ4n) is 8.22. The number of benzene rings is 2. The second-order valence-corrected chi connectivity index (χ2v) is 16.3. The predicted molar refractivity (Wildman–Crippen MR) is 180 cm³/mol. The molecule has 6 rings (SSSR count). The van der Waals surface area contributed by atoms with E-state index in [1.165, 1.54) is 29.2 Å². The Morgan fingerprint density at radius 3 is 2.54 bits per heavy atom. The highest BCUT2D eigenvalue weighted by molar-refractivity contribution is 8.13. The first-order chi connectivity index (χ1) is 21.9. The summed E-state index contributed by atoms with van der Waals surface area (Å²) in [5, 5.41) is 15.7. The van der Waals surface area contributed by atoms with Crippen LogP contribution in [0.3, 0.4) is 0 Å². The third-order valence-corrected chi connectivity index (χ3v) is 12.2. The maximum absolute atomic E-state index is 12.4. The maximum atomic E-state index is 12.4. The lowest BCUT2D eigenvalue weighted by Gasteiger charge is -2.53. The number of ketones is 1. The summed E-state index contributed by atoms with van der Waals surface area (Å²) in [6, 6.07) is 14.6. The zero-order valence-electron chi connectivity index (χ0n) is 26.4. The standard InChI is InChI=1S/C37H39NO6S2/c1-4-45-35(40)44-38-23-25-5-9-26(10-6-25)32-22-36(2)33(31-15-11-27-21-28(39)12-16-30(27)34(31)32)18-20-37(36,41)19-17-24-7-13-29(14-8-24)46(3,42)43/h5-10,13-14,21,23,31-33,41H,4,11-12,15-16,18,20,22H2,1-3H3/b38-23+/t31?,32?,33?,36-,37-/m0/s1. The summed E-state index contributed by atoms with van der Waals surface area (Å²) in [4.78, 5) is 29.2. The molecule has 1 N–H and O–H groups in total. The SMILES string of the molecule is CCSC(=O)O/N=C/c1ccc(C2C[C@@]3(C)C(CC[C@@]3(O)C#Cc3ccc(S(C)(=O)=O)cc3)C3CCC4=CC(=O)CCC4=C23)cc1. The molecule has 2 aromatic rings. The van der Waals surface area contributed by atoms with Gasteiger partial charge in [-0.15, -0.1) is 0 Å². The van der Waals surface area contributed by atoms with Crippen molar-refractivity contribution in [2.24, 2.45) is 22.4 Å². The number of rotatable bonds is 5. The number of hydrogen-bond acceptors (Lipinski definition) is 8. The number of sulfone groups is 1. The largest absolute Gasteiger partial charge is 0.393 e. The van der Waals surface area contributed by atoms with Gasteiger partial charge in [0.1, 0.15) is 5.60 Å². The van der Waals surface area contributed by atoms with Gasteiger partial charge < -0.3 is 9.94 Å². The molecule has 0 amide bonds. The lowest BCUT2D eigenvalue weighted by atomic mass is 9.51. The topological polar surface area (TPSA) is 110 Å².